The first kappa shape index (κ1) is 21.8. The van der Waals surface area contributed by atoms with Crippen molar-refractivity contribution in [3.63, 3.8) is 0 Å². The van der Waals surface area contributed by atoms with Crippen LogP contribution in [-0.4, -0.2) is 54.1 Å². The number of ether oxygens (including phenoxy) is 2. The fourth-order valence-corrected chi connectivity index (χ4v) is 3.99. The number of rotatable bonds is 7. The van der Waals surface area contributed by atoms with Gasteiger partial charge in [0.15, 0.2) is 5.82 Å². The number of amides is 1. The van der Waals surface area contributed by atoms with Crippen LogP contribution in [0.2, 0.25) is 0 Å². The highest BCUT2D eigenvalue weighted by atomic mass is 16.5. The van der Waals surface area contributed by atoms with Crippen molar-refractivity contribution in [3.05, 3.63) is 72.1 Å². The van der Waals surface area contributed by atoms with E-state index in [0.29, 0.717) is 11.4 Å². The standard InChI is InChI=1S/C25H28N4O3/c1-31-22-9-6-10-23(32-2)21(22)17-29-13-11-20(12-14-29)28-25(30)19-15-26-24(27-16-19)18-7-4-3-5-8-18/h3-10,15-16,20H,11-14,17H2,1-2H3,(H,28,30). The lowest BCUT2D eigenvalue weighted by molar-refractivity contribution is 0.0908. The first-order valence-electron chi connectivity index (χ1n) is 10.8. The van der Waals surface area contributed by atoms with Gasteiger partial charge >= 0.3 is 0 Å². The summed E-state index contributed by atoms with van der Waals surface area (Å²) in [6.07, 6.45) is 4.94. The predicted octanol–water partition coefficient (Wildman–Crippen LogP) is 3.56. The Hall–Kier alpha value is -3.45. The smallest absolute Gasteiger partial charge is 0.254 e. The van der Waals surface area contributed by atoms with Crippen LogP contribution in [0.4, 0.5) is 0 Å². The van der Waals surface area contributed by atoms with Gasteiger partial charge in [-0.3, -0.25) is 9.69 Å². The molecule has 1 amide bonds. The van der Waals surface area contributed by atoms with E-state index in [1.807, 2.05) is 48.5 Å². The number of nitrogens with zero attached hydrogens (tertiary/aromatic N) is 3. The summed E-state index contributed by atoms with van der Waals surface area (Å²) in [7, 11) is 3.35. The highest BCUT2D eigenvalue weighted by Gasteiger charge is 2.23. The third kappa shape index (κ3) is 5.06. The minimum absolute atomic E-state index is 0.130. The van der Waals surface area contributed by atoms with Gasteiger partial charge < -0.3 is 14.8 Å². The predicted molar refractivity (Wildman–Crippen MR) is 123 cm³/mol. The molecule has 1 aliphatic rings. The number of carbonyl (C=O) groups excluding carboxylic acids is 1. The van der Waals surface area contributed by atoms with Crippen LogP contribution in [0.5, 0.6) is 11.5 Å². The van der Waals surface area contributed by atoms with E-state index < -0.39 is 0 Å². The molecular weight excluding hydrogens is 404 g/mol. The van der Waals surface area contributed by atoms with E-state index in [4.69, 9.17) is 9.47 Å². The van der Waals surface area contributed by atoms with Crippen molar-refractivity contribution in [1.82, 2.24) is 20.2 Å². The minimum Gasteiger partial charge on any atom is -0.496 e. The van der Waals surface area contributed by atoms with E-state index in [1.54, 1.807) is 26.6 Å². The van der Waals surface area contributed by atoms with Gasteiger partial charge in [-0.1, -0.05) is 36.4 Å². The van der Waals surface area contributed by atoms with Gasteiger partial charge in [0.05, 0.1) is 25.3 Å². The molecule has 32 heavy (non-hydrogen) atoms. The number of aromatic nitrogens is 2. The van der Waals surface area contributed by atoms with Gasteiger partial charge in [-0.2, -0.15) is 0 Å². The Kier molecular flexibility index (Phi) is 6.97. The van der Waals surface area contributed by atoms with Gasteiger partial charge in [-0.15, -0.1) is 0 Å². The Balaban J connectivity index is 1.31. The average Bonchev–Trinajstić information content (AvgIpc) is 2.86. The molecule has 0 atom stereocenters. The van der Waals surface area contributed by atoms with Crippen LogP contribution in [0.15, 0.2) is 60.9 Å². The first-order chi connectivity index (χ1) is 15.7. The molecule has 0 spiro atoms. The largest absolute Gasteiger partial charge is 0.496 e. The van der Waals surface area contributed by atoms with Crippen molar-refractivity contribution in [2.75, 3.05) is 27.3 Å². The van der Waals surface area contributed by atoms with E-state index >= 15 is 0 Å². The maximum absolute atomic E-state index is 12.7. The molecule has 0 unspecified atom stereocenters. The zero-order valence-electron chi connectivity index (χ0n) is 18.5. The number of hydrogen-bond donors (Lipinski definition) is 1. The SMILES string of the molecule is COc1cccc(OC)c1CN1CCC(NC(=O)c2cnc(-c3ccccc3)nc2)CC1. The van der Waals surface area contributed by atoms with E-state index in [1.165, 1.54) is 0 Å². The topological polar surface area (TPSA) is 76.6 Å². The quantitative estimate of drug-likeness (QED) is 0.615. The van der Waals surface area contributed by atoms with Crippen molar-refractivity contribution < 1.29 is 14.3 Å². The zero-order valence-corrected chi connectivity index (χ0v) is 18.5. The lowest BCUT2D eigenvalue weighted by atomic mass is 10.0. The highest BCUT2D eigenvalue weighted by molar-refractivity contribution is 5.93. The summed E-state index contributed by atoms with van der Waals surface area (Å²) in [6, 6.07) is 15.7. The van der Waals surface area contributed by atoms with Crippen molar-refractivity contribution >= 4 is 5.91 Å². The van der Waals surface area contributed by atoms with Crippen molar-refractivity contribution in [1.29, 1.82) is 0 Å². The third-order valence-corrected chi connectivity index (χ3v) is 5.78. The van der Waals surface area contributed by atoms with Crippen molar-refractivity contribution in [2.24, 2.45) is 0 Å². The molecule has 2 heterocycles. The Bertz CT molecular complexity index is 1010. The van der Waals surface area contributed by atoms with Crippen LogP contribution >= 0.6 is 0 Å². The molecule has 7 nitrogen and oxygen atoms in total. The molecule has 1 saturated heterocycles. The fraction of sp³-hybridized carbons (Fsp3) is 0.320. The van der Waals surface area contributed by atoms with Gasteiger partial charge in [0.25, 0.3) is 5.91 Å². The highest BCUT2D eigenvalue weighted by Crippen LogP contribution is 2.30. The van der Waals surface area contributed by atoms with Crippen LogP contribution in [0, 0.1) is 0 Å². The van der Waals surface area contributed by atoms with Gasteiger partial charge in [-0.05, 0) is 25.0 Å². The van der Waals surface area contributed by atoms with Crippen LogP contribution in [0.3, 0.4) is 0 Å². The molecular formula is C25H28N4O3. The van der Waals surface area contributed by atoms with Crippen molar-refractivity contribution in [2.45, 2.75) is 25.4 Å². The van der Waals surface area contributed by atoms with Gasteiger partial charge in [-0.25, -0.2) is 9.97 Å². The molecule has 4 rings (SSSR count). The van der Waals surface area contributed by atoms with Crippen molar-refractivity contribution in [3.8, 4) is 22.9 Å². The number of nitrogens with one attached hydrogen (secondary N) is 1. The number of hydrogen-bond acceptors (Lipinski definition) is 6. The lowest BCUT2D eigenvalue weighted by Crippen LogP contribution is -2.44. The molecule has 1 fully saturated rings. The summed E-state index contributed by atoms with van der Waals surface area (Å²) in [5.41, 5.74) is 2.46. The molecule has 7 heteroatoms. The molecule has 0 aliphatic carbocycles. The van der Waals surface area contributed by atoms with E-state index in [0.717, 1.165) is 55.1 Å². The molecule has 0 saturated carbocycles. The molecule has 1 aromatic heterocycles. The van der Waals surface area contributed by atoms with E-state index in [2.05, 4.69) is 20.2 Å². The summed E-state index contributed by atoms with van der Waals surface area (Å²) < 4.78 is 11.0. The van der Waals surface area contributed by atoms with E-state index in [-0.39, 0.29) is 11.9 Å². The van der Waals surface area contributed by atoms with Crippen LogP contribution < -0.4 is 14.8 Å². The molecule has 0 radical (unpaired) electrons. The molecule has 1 aliphatic heterocycles. The van der Waals surface area contributed by atoms with Gasteiger partial charge in [0.1, 0.15) is 11.5 Å². The molecule has 166 valence electrons. The summed E-state index contributed by atoms with van der Waals surface area (Å²) in [5, 5.41) is 3.13. The number of methoxy groups -OCH3 is 2. The third-order valence-electron chi connectivity index (χ3n) is 5.78. The van der Waals surface area contributed by atoms with E-state index in [9.17, 15) is 4.79 Å². The normalized spacial score (nSPS) is 14.7. The zero-order chi connectivity index (χ0) is 22.3. The second-order valence-corrected chi connectivity index (χ2v) is 7.83. The second-order valence-electron chi connectivity index (χ2n) is 7.83. The maximum Gasteiger partial charge on any atom is 0.254 e. The van der Waals surface area contributed by atoms with Gasteiger partial charge in [0, 0.05) is 43.6 Å². The number of carbonyl (C=O) groups is 1. The minimum atomic E-state index is -0.130. The monoisotopic (exact) mass is 432 g/mol. The number of piperidine rings is 1. The molecule has 0 bridgehead atoms. The summed E-state index contributed by atoms with van der Waals surface area (Å²) >= 11 is 0. The number of likely N-dealkylation sites (tertiary alicyclic amines) is 1. The van der Waals surface area contributed by atoms with Crippen LogP contribution in [0.25, 0.3) is 11.4 Å². The van der Waals surface area contributed by atoms with Gasteiger partial charge in [0.2, 0.25) is 0 Å². The Morgan fingerprint density at radius 2 is 1.59 bits per heavy atom. The Morgan fingerprint density at radius 1 is 0.969 bits per heavy atom. The lowest BCUT2D eigenvalue weighted by Gasteiger charge is -2.33. The average molecular weight is 433 g/mol. The van der Waals surface area contributed by atoms with Crippen LogP contribution in [0.1, 0.15) is 28.8 Å². The van der Waals surface area contributed by atoms with Crippen LogP contribution in [-0.2, 0) is 6.54 Å². The molecule has 3 aromatic rings. The molecule has 1 N–H and O–H groups in total. The summed E-state index contributed by atoms with van der Waals surface area (Å²) in [6.45, 7) is 2.52. The Labute approximate surface area is 188 Å². The first-order valence-corrected chi connectivity index (χ1v) is 10.8. The number of benzene rings is 2. The fourth-order valence-electron chi connectivity index (χ4n) is 3.99. The summed E-state index contributed by atoms with van der Waals surface area (Å²) in [5.74, 6) is 2.15. The maximum atomic E-state index is 12.7. The molecule has 2 aromatic carbocycles. The summed E-state index contributed by atoms with van der Waals surface area (Å²) in [4.78, 5) is 23.7. The Morgan fingerprint density at radius 3 is 2.19 bits per heavy atom. The second kappa shape index (κ2) is 10.2.